The summed E-state index contributed by atoms with van der Waals surface area (Å²) in [5, 5.41) is 28.6. The second kappa shape index (κ2) is 6.06. The summed E-state index contributed by atoms with van der Waals surface area (Å²) in [6, 6.07) is 0. The third-order valence-electron chi connectivity index (χ3n) is 3.47. The van der Waals surface area contributed by atoms with E-state index in [1.807, 2.05) is 0 Å². The molecule has 0 radical (unpaired) electrons. The van der Waals surface area contributed by atoms with E-state index in [9.17, 15) is 24.2 Å². The number of aliphatic hydroxyl groups is 3. The molecule has 1 aliphatic rings. The number of hydrogen-bond donors (Lipinski definition) is 3. The van der Waals surface area contributed by atoms with Crippen molar-refractivity contribution in [1.82, 2.24) is 9.13 Å². The topological polar surface area (TPSA) is 114 Å². The fourth-order valence-corrected chi connectivity index (χ4v) is 2.33. The van der Waals surface area contributed by atoms with Crippen molar-refractivity contribution in [1.29, 1.82) is 0 Å². The summed E-state index contributed by atoms with van der Waals surface area (Å²) in [4.78, 5) is 24.0. The molecule has 9 heteroatoms. The monoisotopic (exact) mass is 304 g/mol. The third kappa shape index (κ3) is 2.64. The molecule has 8 nitrogen and oxygen atoms in total. The first-order chi connectivity index (χ1) is 9.92. The zero-order valence-electron chi connectivity index (χ0n) is 11.3. The van der Waals surface area contributed by atoms with Crippen molar-refractivity contribution in [2.75, 3.05) is 13.3 Å². The van der Waals surface area contributed by atoms with Gasteiger partial charge in [0.2, 0.25) is 0 Å². The van der Waals surface area contributed by atoms with Gasteiger partial charge >= 0.3 is 5.69 Å². The Morgan fingerprint density at radius 1 is 1.33 bits per heavy atom. The second-order valence-electron chi connectivity index (χ2n) is 4.88. The maximum Gasteiger partial charge on any atom is 0.333 e. The van der Waals surface area contributed by atoms with Gasteiger partial charge in [-0.1, -0.05) is 0 Å². The van der Waals surface area contributed by atoms with Crippen LogP contribution >= 0.6 is 0 Å². The number of nitrogens with zero attached hydrogens (tertiary/aromatic N) is 2. The lowest BCUT2D eigenvalue weighted by Gasteiger charge is -2.19. The van der Waals surface area contributed by atoms with E-state index in [0.717, 1.165) is 4.57 Å². The minimum absolute atomic E-state index is 0.167. The summed E-state index contributed by atoms with van der Waals surface area (Å²) in [6.07, 6.45) is -3.93. The van der Waals surface area contributed by atoms with Crippen LogP contribution in [0.1, 0.15) is 11.8 Å². The fourth-order valence-electron chi connectivity index (χ4n) is 2.33. The summed E-state index contributed by atoms with van der Waals surface area (Å²) in [5.74, 6) is 0. The quantitative estimate of drug-likeness (QED) is 0.587. The van der Waals surface area contributed by atoms with Gasteiger partial charge in [0, 0.05) is 11.8 Å². The molecule has 0 aromatic carbocycles. The standard InChI is InChI=1S/C12H17FN2O6/c1-6-4-15(12(20)14(3-2-13)10(6)19)11-9(18)8(17)7(5-16)21-11/h4,7-9,11,16-18H,2-3,5H2,1H3/t7-,8+,9-,11-/m0/s1. The van der Waals surface area contributed by atoms with Crippen LogP contribution in [0.2, 0.25) is 0 Å². The molecule has 1 aromatic heterocycles. The summed E-state index contributed by atoms with van der Waals surface area (Å²) in [7, 11) is 0. The van der Waals surface area contributed by atoms with E-state index in [1.54, 1.807) is 0 Å². The number of aromatic nitrogens is 2. The maximum absolute atomic E-state index is 12.5. The molecule has 3 N–H and O–H groups in total. The van der Waals surface area contributed by atoms with Crippen molar-refractivity contribution in [3.05, 3.63) is 32.6 Å². The van der Waals surface area contributed by atoms with Crippen LogP contribution in [0.25, 0.3) is 0 Å². The van der Waals surface area contributed by atoms with Gasteiger partial charge in [0.1, 0.15) is 25.0 Å². The summed E-state index contributed by atoms with van der Waals surface area (Å²) in [6.45, 7) is -0.399. The molecule has 1 aromatic rings. The predicted octanol–water partition coefficient (Wildman–Crippen LogP) is -2.10. The number of hydrogen-bond acceptors (Lipinski definition) is 6. The Morgan fingerprint density at radius 2 is 2.00 bits per heavy atom. The molecule has 0 saturated carbocycles. The van der Waals surface area contributed by atoms with Crippen LogP contribution in [0.4, 0.5) is 4.39 Å². The van der Waals surface area contributed by atoms with Gasteiger partial charge in [-0.25, -0.2) is 9.18 Å². The lowest BCUT2D eigenvalue weighted by Crippen LogP contribution is -2.44. The lowest BCUT2D eigenvalue weighted by atomic mass is 10.1. The maximum atomic E-state index is 12.5. The van der Waals surface area contributed by atoms with E-state index in [0.29, 0.717) is 4.57 Å². The van der Waals surface area contributed by atoms with Gasteiger partial charge in [-0.15, -0.1) is 0 Å². The Hall–Kier alpha value is -1.55. The number of halogens is 1. The van der Waals surface area contributed by atoms with Gasteiger partial charge in [0.05, 0.1) is 13.2 Å². The summed E-state index contributed by atoms with van der Waals surface area (Å²) in [5.41, 5.74) is -1.31. The van der Waals surface area contributed by atoms with Crippen LogP contribution in [0, 0.1) is 6.92 Å². The number of alkyl halides is 1. The van der Waals surface area contributed by atoms with Gasteiger partial charge in [-0.2, -0.15) is 0 Å². The molecule has 0 bridgehead atoms. The zero-order chi connectivity index (χ0) is 15.7. The van der Waals surface area contributed by atoms with Crippen LogP contribution in [-0.2, 0) is 11.3 Å². The minimum atomic E-state index is -1.45. The lowest BCUT2D eigenvalue weighted by molar-refractivity contribution is -0.0557. The van der Waals surface area contributed by atoms with E-state index in [1.165, 1.54) is 13.1 Å². The van der Waals surface area contributed by atoms with Crippen molar-refractivity contribution in [3.8, 4) is 0 Å². The van der Waals surface area contributed by atoms with Gasteiger partial charge in [0.15, 0.2) is 6.23 Å². The predicted molar refractivity (Wildman–Crippen MR) is 68.7 cm³/mol. The van der Waals surface area contributed by atoms with Crippen LogP contribution in [0.15, 0.2) is 15.8 Å². The van der Waals surface area contributed by atoms with Crippen molar-refractivity contribution in [2.24, 2.45) is 0 Å². The number of aliphatic hydroxyl groups excluding tert-OH is 3. The average molecular weight is 304 g/mol. The van der Waals surface area contributed by atoms with E-state index < -0.39 is 55.6 Å². The molecule has 118 valence electrons. The average Bonchev–Trinajstić information content (AvgIpc) is 2.75. The Balaban J connectivity index is 2.50. The van der Waals surface area contributed by atoms with Gasteiger partial charge in [-0.05, 0) is 6.92 Å². The molecule has 1 fully saturated rings. The first-order valence-corrected chi connectivity index (χ1v) is 6.43. The molecular weight excluding hydrogens is 287 g/mol. The van der Waals surface area contributed by atoms with E-state index in [4.69, 9.17) is 9.84 Å². The van der Waals surface area contributed by atoms with Gasteiger partial charge < -0.3 is 20.1 Å². The van der Waals surface area contributed by atoms with E-state index in [-0.39, 0.29) is 5.56 Å². The van der Waals surface area contributed by atoms with Crippen LogP contribution < -0.4 is 11.2 Å². The Kier molecular flexibility index (Phi) is 4.57. The van der Waals surface area contributed by atoms with Crippen molar-refractivity contribution < 1.29 is 24.4 Å². The molecule has 2 heterocycles. The Labute approximate surface area is 118 Å². The Morgan fingerprint density at radius 3 is 2.52 bits per heavy atom. The van der Waals surface area contributed by atoms with Gasteiger partial charge in [-0.3, -0.25) is 13.9 Å². The molecule has 2 rings (SSSR count). The largest absolute Gasteiger partial charge is 0.394 e. The van der Waals surface area contributed by atoms with Crippen molar-refractivity contribution >= 4 is 0 Å². The molecule has 0 amide bonds. The highest BCUT2D eigenvalue weighted by Crippen LogP contribution is 2.27. The molecule has 21 heavy (non-hydrogen) atoms. The van der Waals surface area contributed by atoms with Crippen LogP contribution in [0.3, 0.4) is 0 Å². The highest BCUT2D eigenvalue weighted by atomic mass is 19.1. The van der Waals surface area contributed by atoms with Crippen molar-refractivity contribution in [2.45, 2.75) is 38.0 Å². The summed E-state index contributed by atoms with van der Waals surface area (Å²) >= 11 is 0. The molecular formula is C12H17FN2O6. The van der Waals surface area contributed by atoms with Crippen molar-refractivity contribution in [3.63, 3.8) is 0 Å². The highest BCUT2D eigenvalue weighted by Gasteiger charge is 2.44. The highest BCUT2D eigenvalue weighted by molar-refractivity contribution is 5.05. The second-order valence-corrected chi connectivity index (χ2v) is 4.88. The van der Waals surface area contributed by atoms with Crippen LogP contribution in [0.5, 0.6) is 0 Å². The molecule has 0 aliphatic carbocycles. The molecule has 4 atom stereocenters. The number of aryl methyl sites for hydroxylation is 1. The van der Waals surface area contributed by atoms with Crippen LogP contribution in [-0.4, -0.2) is 56.0 Å². The first-order valence-electron chi connectivity index (χ1n) is 6.43. The minimum Gasteiger partial charge on any atom is -0.394 e. The smallest absolute Gasteiger partial charge is 0.333 e. The molecule has 0 spiro atoms. The fraction of sp³-hybridized carbons (Fsp3) is 0.667. The SMILES string of the molecule is Cc1cn([C@H]2O[C@@H](CO)[C@@H](O)[C@@H]2O)c(=O)n(CCF)c1=O. The molecule has 1 saturated heterocycles. The molecule has 0 unspecified atom stereocenters. The number of rotatable bonds is 4. The Bertz CT molecular complexity index is 627. The number of ether oxygens (including phenoxy) is 1. The van der Waals surface area contributed by atoms with E-state index in [2.05, 4.69) is 0 Å². The summed E-state index contributed by atoms with van der Waals surface area (Å²) < 4.78 is 19.3. The molecule has 1 aliphatic heterocycles. The third-order valence-corrected chi connectivity index (χ3v) is 3.47. The normalized spacial score (nSPS) is 29.0. The first kappa shape index (κ1) is 15.8. The van der Waals surface area contributed by atoms with Gasteiger partial charge in [0.25, 0.3) is 5.56 Å². The van der Waals surface area contributed by atoms with E-state index >= 15 is 0 Å². The zero-order valence-corrected chi connectivity index (χ0v) is 11.3.